The number of halogens is 7. The molecule has 4 aromatic rings. The van der Waals surface area contributed by atoms with Crippen molar-refractivity contribution in [3.8, 4) is 17.5 Å². The average molecular weight is 698 g/mol. The standard InChI is InChI=1S/C30H30F7N7O3Si/c1-48(2,3)10-9-47-17-44-28(46)25(30(35,36)37)24(16-41-44)42-20(13-38)5-4-7-43-8-6-18-11-22(23(31)12-21(18)27(43)45)26-39-14-19(15-40-26)29(32,33)34/h6,8,11-12,14-16,20,42H,4-5,7,9-10,17H2,1-3H3/t20-/m1/s1. The summed E-state index contributed by atoms with van der Waals surface area (Å²) in [7, 11) is -1.47. The highest BCUT2D eigenvalue weighted by Gasteiger charge is 2.39. The van der Waals surface area contributed by atoms with Gasteiger partial charge in [0.1, 0.15) is 24.2 Å². The Balaban J connectivity index is 1.46. The first kappa shape index (κ1) is 36.2. The second-order valence-electron chi connectivity index (χ2n) is 12.1. The van der Waals surface area contributed by atoms with Gasteiger partial charge < -0.3 is 14.6 Å². The van der Waals surface area contributed by atoms with E-state index in [-0.39, 0.29) is 48.2 Å². The Morgan fingerprint density at radius 1 is 1.02 bits per heavy atom. The molecule has 0 fully saturated rings. The minimum atomic E-state index is -5.06. The molecule has 0 aliphatic rings. The van der Waals surface area contributed by atoms with Crippen molar-refractivity contribution >= 4 is 24.5 Å². The van der Waals surface area contributed by atoms with Crippen molar-refractivity contribution in [2.75, 3.05) is 11.9 Å². The molecule has 0 spiro atoms. The monoisotopic (exact) mass is 697 g/mol. The summed E-state index contributed by atoms with van der Waals surface area (Å²) >= 11 is 0. The van der Waals surface area contributed by atoms with Gasteiger partial charge in [-0.2, -0.15) is 36.7 Å². The number of aryl methyl sites for hydroxylation is 1. The number of anilines is 1. The summed E-state index contributed by atoms with van der Waals surface area (Å²) in [5.41, 5.74) is -5.58. The highest BCUT2D eigenvalue weighted by Crippen LogP contribution is 2.33. The summed E-state index contributed by atoms with van der Waals surface area (Å²) in [6.45, 7) is 6.08. The summed E-state index contributed by atoms with van der Waals surface area (Å²) < 4.78 is 102. The van der Waals surface area contributed by atoms with Gasteiger partial charge in [-0.3, -0.25) is 9.59 Å². The summed E-state index contributed by atoms with van der Waals surface area (Å²) in [6.07, 6.45) is -6.43. The normalized spacial score (nSPS) is 13.0. The Kier molecular flexibility index (Phi) is 10.7. The van der Waals surface area contributed by atoms with Gasteiger partial charge in [0.2, 0.25) is 0 Å². The van der Waals surface area contributed by atoms with Crippen molar-refractivity contribution in [3.05, 3.63) is 80.6 Å². The molecule has 3 heterocycles. The molecule has 48 heavy (non-hydrogen) atoms. The summed E-state index contributed by atoms with van der Waals surface area (Å²) in [6, 6.07) is 4.99. The third-order valence-corrected chi connectivity index (χ3v) is 8.90. The molecule has 0 unspecified atom stereocenters. The van der Waals surface area contributed by atoms with E-state index in [4.69, 9.17) is 4.74 Å². The number of hydrogen-bond acceptors (Lipinski definition) is 8. The van der Waals surface area contributed by atoms with Crippen LogP contribution in [0.1, 0.15) is 24.0 Å². The third-order valence-electron chi connectivity index (χ3n) is 7.20. The number of alkyl halides is 6. The molecule has 256 valence electrons. The molecule has 0 bridgehead atoms. The fourth-order valence-electron chi connectivity index (χ4n) is 4.58. The maximum absolute atomic E-state index is 14.9. The van der Waals surface area contributed by atoms with Crippen LogP contribution in [-0.4, -0.2) is 45.0 Å². The molecule has 10 nitrogen and oxygen atoms in total. The van der Waals surface area contributed by atoms with E-state index in [1.165, 1.54) is 22.9 Å². The van der Waals surface area contributed by atoms with Crippen molar-refractivity contribution in [2.45, 2.75) is 70.2 Å². The fraction of sp³-hybridized carbons (Fsp3) is 0.400. The number of fused-ring (bicyclic) bond motifs is 1. The molecular formula is C30H30F7N7O3Si. The molecule has 0 saturated carbocycles. The molecular weight excluding hydrogens is 667 g/mol. The number of rotatable bonds is 12. The van der Waals surface area contributed by atoms with Gasteiger partial charge in [0.15, 0.2) is 5.82 Å². The second-order valence-corrected chi connectivity index (χ2v) is 17.7. The van der Waals surface area contributed by atoms with E-state index in [9.17, 15) is 45.6 Å². The van der Waals surface area contributed by atoms with E-state index in [1.807, 2.05) is 6.07 Å². The number of pyridine rings is 1. The lowest BCUT2D eigenvalue weighted by Crippen LogP contribution is -2.34. The zero-order valence-electron chi connectivity index (χ0n) is 25.9. The van der Waals surface area contributed by atoms with Gasteiger partial charge in [-0.15, -0.1) is 0 Å². The van der Waals surface area contributed by atoms with Gasteiger partial charge in [-0.05, 0) is 42.5 Å². The molecule has 18 heteroatoms. The molecule has 0 saturated heterocycles. The van der Waals surface area contributed by atoms with E-state index in [0.29, 0.717) is 17.1 Å². The van der Waals surface area contributed by atoms with E-state index < -0.39 is 66.9 Å². The van der Waals surface area contributed by atoms with Crippen molar-refractivity contribution in [1.29, 1.82) is 5.26 Å². The molecule has 0 aliphatic carbocycles. The first-order chi connectivity index (χ1) is 22.4. The van der Waals surface area contributed by atoms with Crippen LogP contribution in [0.25, 0.3) is 22.2 Å². The van der Waals surface area contributed by atoms with Crippen LogP contribution in [0, 0.1) is 17.1 Å². The quantitative estimate of drug-likeness (QED) is 0.104. The average Bonchev–Trinajstić information content (AvgIpc) is 2.99. The topological polar surface area (TPSA) is 128 Å². The second kappa shape index (κ2) is 14.2. The van der Waals surface area contributed by atoms with E-state index in [1.54, 1.807) is 0 Å². The molecule has 0 radical (unpaired) electrons. The van der Waals surface area contributed by atoms with Gasteiger partial charge >= 0.3 is 12.4 Å². The molecule has 0 aliphatic heterocycles. The number of nitrogens with zero attached hydrogens (tertiary/aromatic N) is 6. The van der Waals surface area contributed by atoms with Crippen LogP contribution in [0.15, 0.2) is 52.6 Å². The maximum atomic E-state index is 14.9. The smallest absolute Gasteiger partial charge is 0.368 e. The lowest BCUT2D eigenvalue weighted by atomic mass is 10.1. The van der Waals surface area contributed by atoms with Crippen LogP contribution in [0.4, 0.5) is 36.4 Å². The molecule has 3 aromatic heterocycles. The van der Waals surface area contributed by atoms with Crippen LogP contribution in [0.3, 0.4) is 0 Å². The number of nitriles is 1. The Labute approximate surface area is 269 Å². The van der Waals surface area contributed by atoms with Crippen LogP contribution in [0.2, 0.25) is 25.7 Å². The highest BCUT2D eigenvalue weighted by molar-refractivity contribution is 6.76. The number of aromatic nitrogens is 5. The number of nitrogens with one attached hydrogen (secondary N) is 1. The number of ether oxygens (including phenoxy) is 1. The van der Waals surface area contributed by atoms with Crippen molar-refractivity contribution in [1.82, 2.24) is 24.3 Å². The van der Waals surface area contributed by atoms with Crippen LogP contribution >= 0.6 is 0 Å². The first-order valence-electron chi connectivity index (χ1n) is 14.5. The zero-order chi connectivity index (χ0) is 35.4. The third kappa shape index (κ3) is 8.83. The van der Waals surface area contributed by atoms with Crippen LogP contribution in [-0.2, 0) is 30.4 Å². The summed E-state index contributed by atoms with van der Waals surface area (Å²) in [5, 5.41) is 16.0. The molecule has 1 aromatic carbocycles. The fourth-order valence-corrected chi connectivity index (χ4v) is 5.34. The van der Waals surface area contributed by atoms with Gasteiger partial charge in [-0.1, -0.05) is 19.6 Å². The maximum Gasteiger partial charge on any atom is 0.423 e. The highest BCUT2D eigenvalue weighted by atomic mass is 28.3. The van der Waals surface area contributed by atoms with Gasteiger partial charge in [-0.25, -0.2) is 19.0 Å². The Morgan fingerprint density at radius 2 is 1.71 bits per heavy atom. The molecule has 4 rings (SSSR count). The lowest BCUT2D eigenvalue weighted by Gasteiger charge is -2.19. The summed E-state index contributed by atoms with van der Waals surface area (Å²) in [4.78, 5) is 32.9. The predicted molar refractivity (Wildman–Crippen MR) is 164 cm³/mol. The lowest BCUT2D eigenvalue weighted by molar-refractivity contribution is -0.139. The Hall–Kier alpha value is -4.63. The minimum Gasteiger partial charge on any atom is -0.368 e. The van der Waals surface area contributed by atoms with Crippen molar-refractivity contribution in [3.63, 3.8) is 0 Å². The SMILES string of the molecule is C[Si](C)(C)CCOCn1ncc(N[C@@H](C#N)CCCn2ccc3cc(-c4ncc(C(F)(F)F)cn4)c(F)cc3c2=O)c(C(F)(F)F)c1=O. The summed E-state index contributed by atoms with van der Waals surface area (Å²) in [5.74, 6) is -1.26. The molecule has 0 amide bonds. The van der Waals surface area contributed by atoms with Gasteiger partial charge in [0.25, 0.3) is 11.1 Å². The molecule has 1 atom stereocenters. The van der Waals surface area contributed by atoms with Crippen molar-refractivity contribution in [2.24, 2.45) is 0 Å². The Morgan fingerprint density at radius 3 is 2.31 bits per heavy atom. The van der Waals surface area contributed by atoms with Gasteiger partial charge in [0.05, 0.1) is 34.5 Å². The molecule has 1 N–H and O–H groups in total. The van der Waals surface area contributed by atoms with E-state index in [2.05, 4.69) is 40.0 Å². The predicted octanol–water partition coefficient (Wildman–Crippen LogP) is 6.29. The minimum absolute atomic E-state index is 0.000748. The van der Waals surface area contributed by atoms with E-state index in [0.717, 1.165) is 18.3 Å². The van der Waals surface area contributed by atoms with E-state index >= 15 is 0 Å². The van der Waals surface area contributed by atoms with Crippen LogP contribution < -0.4 is 16.4 Å². The van der Waals surface area contributed by atoms with Crippen LogP contribution in [0.5, 0.6) is 0 Å². The zero-order valence-corrected chi connectivity index (χ0v) is 26.9. The van der Waals surface area contributed by atoms with Gasteiger partial charge in [0, 0.05) is 39.8 Å². The largest absolute Gasteiger partial charge is 0.423 e. The Bertz CT molecular complexity index is 1930. The first-order valence-corrected chi connectivity index (χ1v) is 18.2. The number of benzene rings is 1. The van der Waals surface area contributed by atoms with Crippen molar-refractivity contribution < 1.29 is 35.5 Å². The number of hydrogen-bond donors (Lipinski definition) is 1.